The molecule has 0 saturated carbocycles. The smallest absolute Gasteiger partial charge is 0.352 e. The minimum atomic E-state index is -1.84. The van der Waals surface area contributed by atoms with Crippen LogP contribution in [0.5, 0.6) is 0 Å². The summed E-state index contributed by atoms with van der Waals surface area (Å²) in [7, 11) is 1.22. The maximum atomic E-state index is 13.1. The van der Waals surface area contributed by atoms with Crippen molar-refractivity contribution in [3.63, 3.8) is 0 Å². The average molecular weight is 497 g/mol. The zero-order valence-corrected chi connectivity index (χ0v) is 19.2. The Kier molecular flexibility index (Phi) is 7.50. The zero-order chi connectivity index (χ0) is 24.2. The van der Waals surface area contributed by atoms with Crippen molar-refractivity contribution in [3.8, 4) is 0 Å². The number of thiazole rings is 1. The van der Waals surface area contributed by atoms with Crippen LogP contribution in [0.25, 0.3) is 0 Å². The van der Waals surface area contributed by atoms with Crippen molar-refractivity contribution in [2.45, 2.75) is 18.0 Å². The number of esters is 1. The number of carboxylic acids is 1. The number of aromatic nitrogens is 1. The molecule has 0 spiro atoms. The lowest BCUT2D eigenvalue weighted by atomic mass is 9.97. The molecular formula is C19H20N4O8S2. The number of β-lactam (4-membered cyclic amide) rings is 1. The number of rotatable bonds is 10. The number of aliphatic carboxylic acids is 1. The molecule has 1 fully saturated rings. The quantitative estimate of drug-likeness (QED) is 0.0879. The van der Waals surface area contributed by atoms with Gasteiger partial charge in [-0.25, -0.2) is 9.78 Å². The van der Waals surface area contributed by atoms with Crippen LogP contribution in [0.15, 0.2) is 40.0 Å². The molecular weight excluding hydrogens is 476 g/mol. The number of amides is 2. The van der Waals surface area contributed by atoms with Crippen molar-refractivity contribution in [2.75, 3.05) is 26.1 Å². The summed E-state index contributed by atoms with van der Waals surface area (Å²) in [4.78, 5) is 59.3. The van der Waals surface area contributed by atoms with E-state index in [1.807, 2.05) is 0 Å². The van der Waals surface area contributed by atoms with Gasteiger partial charge in [-0.2, -0.15) is 0 Å². The number of hydrogen-bond donors (Lipinski definition) is 2. The molecule has 0 aliphatic carbocycles. The number of oxime groups is 1. The molecule has 1 aromatic heterocycles. The van der Waals surface area contributed by atoms with Gasteiger partial charge in [0.2, 0.25) is 0 Å². The molecule has 176 valence electrons. The van der Waals surface area contributed by atoms with Crippen LogP contribution < -0.4 is 5.32 Å². The Bertz CT molecular complexity index is 1040. The Hall–Kier alpha value is -3.23. The second-order valence-electron chi connectivity index (χ2n) is 6.67. The first-order chi connectivity index (χ1) is 15.8. The summed E-state index contributed by atoms with van der Waals surface area (Å²) in [5.74, 6) is -3.40. The molecule has 0 radical (unpaired) electrons. The van der Waals surface area contributed by atoms with Gasteiger partial charge in [0.25, 0.3) is 17.5 Å². The number of carbonyl (C=O) groups is 4. The average Bonchev–Trinajstić information content (AvgIpc) is 3.32. The summed E-state index contributed by atoms with van der Waals surface area (Å²) in [5, 5.41) is 16.7. The molecule has 12 nitrogen and oxygen atoms in total. The Morgan fingerprint density at radius 3 is 2.82 bits per heavy atom. The SMILES string of the molecule is C=CCON=C(C(=O)N[C@]1(OC)C(=O)N2C(C(=O)O)=C(COC(C)=O)CS[C@@H]21)c1cscn1. The monoisotopic (exact) mass is 496 g/mol. The number of nitrogens with one attached hydrogen (secondary N) is 1. The Balaban J connectivity index is 1.88. The summed E-state index contributed by atoms with van der Waals surface area (Å²) >= 11 is 2.39. The van der Waals surface area contributed by atoms with Gasteiger partial charge in [-0.05, 0) is 0 Å². The van der Waals surface area contributed by atoms with E-state index in [-0.39, 0.29) is 41.6 Å². The van der Waals surface area contributed by atoms with Gasteiger partial charge in [-0.3, -0.25) is 19.3 Å². The first kappa shape index (κ1) is 24.4. The Morgan fingerprint density at radius 1 is 1.48 bits per heavy atom. The molecule has 3 heterocycles. The van der Waals surface area contributed by atoms with Crippen molar-refractivity contribution < 1.29 is 38.6 Å². The summed E-state index contributed by atoms with van der Waals surface area (Å²) < 4.78 is 10.3. The van der Waals surface area contributed by atoms with E-state index in [1.165, 1.54) is 37.0 Å². The molecule has 0 unspecified atom stereocenters. The number of carbonyl (C=O) groups excluding carboxylic acids is 3. The molecule has 2 amide bonds. The third-order valence-corrected chi connectivity index (χ3v) is 6.58. The van der Waals surface area contributed by atoms with Crippen LogP contribution in [0.1, 0.15) is 12.6 Å². The molecule has 0 bridgehead atoms. The highest BCUT2D eigenvalue weighted by molar-refractivity contribution is 8.00. The molecule has 33 heavy (non-hydrogen) atoms. The lowest BCUT2D eigenvalue weighted by Crippen LogP contribution is -2.81. The minimum absolute atomic E-state index is 0.0411. The second-order valence-corrected chi connectivity index (χ2v) is 8.46. The highest BCUT2D eigenvalue weighted by atomic mass is 32.2. The van der Waals surface area contributed by atoms with Crippen molar-refractivity contribution in [2.24, 2.45) is 5.16 Å². The number of nitrogens with zero attached hydrogens (tertiary/aromatic N) is 3. The van der Waals surface area contributed by atoms with Gasteiger partial charge in [0.1, 0.15) is 30.0 Å². The molecule has 3 rings (SSSR count). The molecule has 1 aromatic rings. The van der Waals surface area contributed by atoms with Gasteiger partial charge < -0.3 is 24.7 Å². The number of carboxylic acid groups (broad SMARTS) is 1. The first-order valence-electron chi connectivity index (χ1n) is 9.37. The Labute approximate surface area is 196 Å². The zero-order valence-electron chi connectivity index (χ0n) is 17.6. The largest absolute Gasteiger partial charge is 0.477 e. The van der Waals surface area contributed by atoms with Crippen molar-refractivity contribution in [1.82, 2.24) is 15.2 Å². The van der Waals surface area contributed by atoms with Gasteiger partial charge >= 0.3 is 11.9 Å². The maximum absolute atomic E-state index is 13.1. The van der Waals surface area contributed by atoms with Gasteiger partial charge in [-0.15, -0.1) is 23.1 Å². The molecule has 0 aromatic carbocycles. The van der Waals surface area contributed by atoms with Crippen LogP contribution in [-0.4, -0.2) is 81.6 Å². The predicted molar refractivity (Wildman–Crippen MR) is 117 cm³/mol. The molecule has 1 saturated heterocycles. The van der Waals surface area contributed by atoms with E-state index < -0.39 is 34.9 Å². The van der Waals surface area contributed by atoms with E-state index in [0.717, 1.165) is 16.7 Å². The van der Waals surface area contributed by atoms with Crippen LogP contribution in [0.4, 0.5) is 0 Å². The number of hydrogen-bond acceptors (Lipinski definition) is 11. The number of fused-ring (bicyclic) bond motifs is 1. The topological polar surface area (TPSA) is 157 Å². The summed E-state index contributed by atoms with van der Waals surface area (Å²) in [6, 6.07) is 0. The maximum Gasteiger partial charge on any atom is 0.352 e. The normalized spacial score (nSPS) is 22.2. The standard InChI is InChI=1S/C19H20N4O8S2/c1-4-5-31-22-13(12-8-32-9-20-12)15(25)21-19(29-3)17(28)23-14(16(26)27)11(6-30-10(2)24)7-33-18(19)23/h4,8-9,18H,1,5-7H2,2-3H3,(H,21,25)(H,26,27)/t18-,19+/m1/s1. The van der Waals surface area contributed by atoms with Gasteiger partial charge in [0.05, 0.1) is 5.51 Å². The van der Waals surface area contributed by atoms with Crippen molar-refractivity contribution >= 4 is 52.6 Å². The van der Waals surface area contributed by atoms with Crippen LogP contribution in [0, 0.1) is 0 Å². The highest BCUT2D eigenvalue weighted by Crippen LogP contribution is 2.46. The van der Waals surface area contributed by atoms with Gasteiger partial charge in [-0.1, -0.05) is 17.8 Å². The van der Waals surface area contributed by atoms with Gasteiger partial charge in [0.15, 0.2) is 5.71 Å². The lowest BCUT2D eigenvalue weighted by Gasteiger charge is -2.55. The molecule has 2 aliphatic rings. The van der Waals surface area contributed by atoms with E-state index in [1.54, 1.807) is 5.38 Å². The summed E-state index contributed by atoms with van der Waals surface area (Å²) in [6.45, 7) is 4.47. The number of ether oxygens (including phenoxy) is 2. The highest BCUT2D eigenvalue weighted by Gasteiger charge is 2.67. The van der Waals surface area contributed by atoms with E-state index in [2.05, 4.69) is 22.0 Å². The first-order valence-corrected chi connectivity index (χ1v) is 11.4. The van der Waals surface area contributed by atoms with Crippen LogP contribution in [0.3, 0.4) is 0 Å². The van der Waals surface area contributed by atoms with Crippen LogP contribution in [0.2, 0.25) is 0 Å². The Morgan fingerprint density at radius 2 is 2.24 bits per heavy atom. The van der Waals surface area contributed by atoms with E-state index in [9.17, 15) is 24.3 Å². The third-order valence-electron chi connectivity index (χ3n) is 4.62. The van der Waals surface area contributed by atoms with Crippen LogP contribution in [-0.2, 0) is 33.5 Å². The molecule has 2 N–H and O–H groups in total. The van der Waals surface area contributed by atoms with E-state index in [0.29, 0.717) is 0 Å². The minimum Gasteiger partial charge on any atom is -0.477 e. The number of thioether (sulfide) groups is 1. The fourth-order valence-electron chi connectivity index (χ4n) is 3.16. The second kappa shape index (κ2) is 10.1. The fraction of sp³-hybridized carbons (Fsp3) is 0.368. The van der Waals surface area contributed by atoms with Gasteiger partial charge in [0, 0.05) is 30.7 Å². The summed E-state index contributed by atoms with van der Waals surface area (Å²) in [5.41, 5.74) is -0.362. The predicted octanol–water partition coefficient (Wildman–Crippen LogP) is 0.326. The van der Waals surface area contributed by atoms with E-state index >= 15 is 0 Å². The van der Waals surface area contributed by atoms with Crippen molar-refractivity contribution in [1.29, 1.82) is 0 Å². The van der Waals surface area contributed by atoms with E-state index in [4.69, 9.17) is 14.3 Å². The molecule has 14 heteroatoms. The number of methoxy groups -OCH3 is 1. The fourth-order valence-corrected chi connectivity index (χ4v) is 5.12. The van der Waals surface area contributed by atoms with Crippen molar-refractivity contribution in [3.05, 3.63) is 40.5 Å². The third kappa shape index (κ3) is 4.62. The summed E-state index contributed by atoms with van der Waals surface area (Å²) in [6.07, 6.45) is 1.44. The van der Waals surface area contributed by atoms with Crippen LogP contribution >= 0.6 is 23.1 Å². The molecule has 2 atom stereocenters. The lowest BCUT2D eigenvalue weighted by molar-refractivity contribution is -0.191. The molecule has 2 aliphatic heterocycles.